The molecule has 2 aliphatic heterocycles. The largest absolute Gasteiger partial charge is 0.378 e. The van der Waals surface area contributed by atoms with E-state index in [9.17, 15) is 13.6 Å². The number of nitrogens with one attached hydrogen (secondary N) is 1. The summed E-state index contributed by atoms with van der Waals surface area (Å²) >= 11 is 0. The molecule has 1 amide bonds. The second kappa shape index (κ2) is 10.0. The van der Waals surface area contributed by atoms with Gasteiger partial charge in [0.05, 0.1) is 30.8 Å². The van der Waals surface area contributed by atoms with Gasteiger partial charge in [0, 0.05) is 32.2 Å². The van der Waals surface area contributed by atoms with Crippen molar-refractivity contribution in [1.29, 1.82) is 0 Å². The molecule has 0 aliphatic carbocycles. The number of amides is 1. The summed E-state index contributed by atoms with van der Waals surface area (Å²) in [5.41, 5.74) is 6.34. The van der Waals surface area contributed by atoms with Crippen molar-refractivity contribution in [2.75, 3.05) is 55.7 Å². The number of para-hydroxylation sites is 2. The number of aromatic nitrogens is 5. The average Bonchev–Trinajstić information content (AvgIpc) is 3.29. The molecule has 0 saturated carbocycles. The fourth-order valence-corrected chi connectivity index (χ4v) is 4.40. The zero-order chi connectivity index (χ0) is 24.4. The van der Waals surface area contributed by atoms with E-state index in [1.54, 1.807) is 24.3 Å². The van der Waals surface area contributed by atoms with Crippen LogP contribution in [0.3, 0.4) is 0 Å². The SMILES string of the molecule is NCC(=O)NC1CCN(c2nc(N3CCOCC3)nc(-n3c(C(F)F)nc4ccccc43)n2)CC1. The van der Waals surface area contributed by atoms with Crippen molar-refractivity contribution in [2.45, 2.75) is 25.3 Å². The number of morpholine rings is 1. The quantitative estimate of drug-likeness (QED) is 0.524. The van der Waals surface area contributed by atoms with Gasteiger partial charge in [-0.1, -0.05) is 12.1 Å². The van der Waals surface area contributed by atoms with E-state index in [1.165, 1.54) is 4.57 Å². The van der Waals surface area contributed by atoms with Crippen LogP contribution in [0.4, 0.5) is 20.7 Å². The highest BCUT2D eigenvalue weighted by Gasteiger charge is 2.27. The Morgan fingerprint density at radius 2 is 1.63 bits per heavy atom. The highest BCUT2D eigenvalue weighted by molar-refractivity contribution is 5.78. The number of imidazole rings is 1. The van der Waals surface area contributed by atoms with Crippen molar-refractivity contribution < 1.29 is 18.3 Å². The normalized spacial score (nSPS) is 17.4. The number of rotatable bonds is 6. The maximum absolute atomic E-state index is 14.0. The molecule has 2 saturated heterocycles. The topological polar surface area (TPSA) is 127 Å². The number of carbonyl (C=O) groups is 1. The van der Waals surface area contributed by atoms with Crippen molar-refractivity contribution in [3.8, 4) is 5.95 Å². The van der Waals surface area contributed by atoms with Crippen LogP contribution in [0.2, 0.25) is 0 Å². The van der Waals surface area contributed by atoms with E-state index < -0.39 is 12.2 Å². The Hall–Kier alpha value is -3.45. The number of alkyl halides is 2. The second-order valence-electron chi connectivity index (χ2n) is 8.46. The van der Waals surface area contributed by atoms with E-state index in [2.05, 4.69) is 20.3 Å². The first-order chi connectivity index (χ1) is 17.0. The van der Waals surface area contributed by atoms with Gasteiger partial charge in [0.1, 0.15) is 0 Å². The number of carbonyl (C=O) groups excluding carboxylic acids is 1. The summed E-state index contributed by atoms with van der Waals surface area (Å²) in [5, 5.41) is 2.92. The molecule has 3 aromatic rings. The second-order valence-corrected chi connectivity index (χ2v) is 8.46. The maximum atomic E-state index is 14.0. The van der Waals surface area contributed by atoms with Crippen LogP contribution >= 0.6 is 0 Å². The molecule has 186 valence electrons. The monoisotopic (exact) mass is 487 g/mol. The molecule has 4 heterocycles. The molecule has 2 aliphatic rings. The van der Waals surface area contributed by atoms with Gasteiger partial charge < -0.3 is 25.6 Å². The van der Waals surface area contributed by atoms with Crippen LogP contribution in [0.15, 0.2) is 24.3 Å². The Kier molecular flexibility index (Phi) is 6.68. The Labute approximate surface area is 200 Å². The fraction of sp³-hybridized carbons (Fsp3) is 0.500. The first-order valence-corrected chi connectivity index (χ1v) is 11.6. The predicted molar refractivity (Wildman–Crippen MR) is 125 cm³/mol. The highest BCUT2D eigenvalue weighted by atomic mass is 19.3. The van der Waals surface area contributed by atoms with Crippen molar-refractivity contribution in [1.82, 2.24) is 29.8 Å². The van der Waals surface area contributed by atoms with Crippen LogP contribution in [0.1, 0.15) is 25.1 Å². The Balaban J connectivity index is 1.53. The lowest BCUT2D eigenvalue weighted by molar-refractivity contribution is -0.120. The van der Waals surface area contributed by atoms with Crippen LogP contribution in [-0.4, -0.2) is 82.4 Å². The molecule has 35 heavy (non-hydrogen) atoms. The zero-order valence-corrected chi connectivity index (χ0v) is 19.1. The van der Waals surface area contributed by atoms with Gasteiger partial charge in [0.2, 0.25) is 23.8 Å². The lowest BCUT2D eigenvalue weighted by Gasteiger charge is -2.33. The van der Waals surface area contributed by atoms with E-state index in [1.807, 2.05) is 9.80 Å². The van der Waals surface area contributed by atoms with Crippen LogP contribution in [0, 0.1) is 0 Å². The third-order valence-corrected chi connectivity index (χ3v) is 6.20. The minimum atomic E-state index is -2.81. The molecule has 0 bridgehead atoms. The van der Waals surface area contributed by atoms with Gasteiger partial charge in [0.15, 0.2) is 5.82 Å². The van der Waals surface area contributed by atoms with Crippen molar-refractivity contribution in [2.24, 2.45) is 5.73 Å². The molecule has 1 aromatic carbocycles. The first-order valence-electron chi connectivity index (χ1n) is 11.6. The van der Waals surface area contributed by atoms with Gasteiger partial charge in [-0.2, -0.15) is 15.0 Å². The number of hydrogen-bond acceptors (Lipinski definition) is 9. The predicted octanol–water partition coefficient (Wildman–Crippen LogP) is 1.03. The Bertz CT molecular complexity index is 1190. The number of halogens is 2. The molecule has 2 aromatic heterocycles. The Morgan fingerprint density at radius 3 is 2.29 bits per heavy atom. The number of nitrogens with two attached hydrogens (primary N) is 1. The molecule has 0 spiro atoms. The number of hydrogen-bond donors (Lipinski definition) is 2. The van der Waals surface area contributed by atoms with Gasteiger partial charge in [-0.15, -0.1) is 0 Å². The standard InChI is InChI=1S/C22H27F2N9O2/c23-18(24)19-27-15-3-1-2-4-16(15)33(19)22-29-20(28-21(30-22)32-9-11-35-12-10-32)31-7-5-14(6-8-31)26-17(34)13-25/h1-4,14,18H,5-13,25H2,(H,26,34). The molecule has 2 fully saturated rings. The van der Waals surface area contributed by atoms with Gasteiger partial charge >= 0.3 is 0 Å². The molecule has 13 heteroatoms. The third kappa shape index (κ3) is 4.86. The molecule has 11 nitrogen and oxygen atoms in total. The smallest absolute Gasteiger partial charge is 0.296 e. The maximum Gasteiger partial charge on any atom is 0.296 e. The number of benzene rings is 1. The van der Waals surface area contributed by atoms with Crippen molar-refractivity contribution >= 4 is 28.8 Å². The molecule has 3 N–H and O–H groups in total. The number of nitrogens with zero attached hydrogens (tertiary/aromatic N) is 7. The van der Waals surface area contributed by atoms with Crippen LogP contribution in [0.25, 0.3) is 17.0 Å². The molecular formula is C22H27F2N9O2. The number of piperidine rings is 1. The number of fused-ring (bicyclic) bond motifs is 1. The van der Waals surface area contributed by atoms with E-state index in [-0.39, 0.29) is 24.4 Å². The van der Waals surface area contributed by atoms with Gasteiger partial charge in [-0.25, -0.2) is 13.8 Å². The average molecular weight is 488 g/mol. The Morgan fingerprint density at radius 1 is 1.00 bits per heavy atom. The van der Waals surface area contributed by atoms with Crippen molar-refractivity contribution in [3.63, 3.8) is 0 Å². The molecule has 0 atom stereocenters. The molecule has 5 rings (SSSR count). The lowest BCUT2D eigenvalue weighted by Crippen LogP contribution is -2.47. The summed E-state index contributed by atoms with van der Waals surface area (Å²) in [7, 11) is 0. The van der Waals surface area contributed by atoms with E-state index in [4.69, 9.17) is 15.5 Å². The first kappa shape index (κ1) is 23.3. The highest BCUT2D eigenvalue weighted by Crippen LogP contribution is 2.28. The fourth-order valence-electron chi connectivity index (χ4n) is 4.40. The zero-order valence-electron chi connectivity index (χ0n) is 19.1. The summed E-state index contributed by atoms with van der Waals surface area (Å²) in [6.45, 7) is 3.36. The van der Waals surface area contributed by atoms with Gasteiger partial charge in [0.25, 0.3) is 6.43 Å². The van der Waals surface area contributed by atoms with Crippen LogP contribution in [0.5, 0.6) is 0 Å². The summed E-state index contributed by atoms with van der Waals surface area (Å²) < 4.78 is 34.8. The molecular weight excluding hydrogens is 460 g/mol. The van der Waals surface area contributed by atoms with Crippen LogP contribution < -0.4 is 20.9 Å². The minimum absolute atomic E-state index is 0.0188. The van der Waals surface area contributed by atoms with Gasteiger partial charge in [-0.05, 0) is 25.0 Å². The van der Waals surface area contributed by atoms with E-state index in [0.717, 1.165) is 0 Å². The summed E-state index contributed by atoms with van der Waals surface area (Å²) in [6.07, 6.45) is -1.43. The minimum Gasteiger partial charge on any atom is -0.378 e. The van der Waals surface area contributed by atoms with E-state index in [0.29, 0.717) is 75.2 Å². The van der Waals surface area contributed by atoms with Crippen LogP contribution in [-0.2, 0) is 9.53 Å². The van der Waals surface area contributed by atoms with Gasteiger partial charge in [-0.3, -0.25) is 9.36 Å². The number of ether oxygens (including phenoxy) is 1. The van der Waals surface area contributed by atoms with E-state index >= 15 is 0 Å². The number of anilines is 2. The summed E-state index contributed by atoms with van der Waals surface area (Å²) in [4.78, 5) is 33.6. The van der Waals surface area contributed by atoms with Crippen molar-refractivity contribution in [3.05, 3.63) is 30.1 Å². The summed E-state index contributed by atoms with van der Waals surface area (Å²) in [6, 6.07) is 6.94. The summed E-state index contributed by atoms with van der Waals surface area (Å²) in [5.74, 6) is 0.300. The third-order valence-electron chi connectivity index (χ3n) is 6.20. The molecule has 0 unspecified atom stereocenters. The lowest BCUT2D eigenvalue weighted by atomic mass is 10.1. The molecule has 0 radical (unpaired) electrons.